The van der Waals surface area contributed by atoms with Crippen molar-refractivity contribution >= 4 is 5.78 Å². The standard InChI is InChI=1S/C13H13N3O.C2H6/c1-14-12(10-6-2-4-8-15-10)13(17)11-7-3-5-9-16-11;1-2/h3,5,7,9,15H,2,4,6,8H2;1-2H3/b12-10+;. The van der Waals surface area contributed by atoms with E-state index in [0.29, 0.717) is 5.69 Å². The van der Waals surface area contributed by atoms with E-state index in [9.17, 15) is 4.79 Å². The van der Waals surface area contributed by atoms with E-state index in [1.807, 2.05) is 13.8 Å². The van der Waals surface area contributed by atoms with E-state index in [0.717, 1.165) is 31.5 Å². The summed E-state index contributed by atoms with van der Waals surface area (Å²) in [5.41, 5.74) is 1.28. The summed E-state index contributed by atoms with van der Waals surface area (Å²) < 4.78 is 0. The minimum Gasteiger partial charge on any atom is -0.397 e. The van der Waals surface area contributed by atoms with Crippen LogP contribution in [0.3, 0.4) is 0 Å². The number of pyridine rings is 1. The largest absolute Gasteiger partial charge is 0.397 e. The molecule has 2 rings (SSSR count). The molecule has 0 bridgehead atoms. The first-order chi connectivity index (χ1) is 9.33. The van der Waals surface area contributed by atoms with Crippen molar-refractivity contribution in [1.29, 1.82) is 0 Å². The molecule has 1 fully saturated rings. The van der Waals surface area contributed by atoms with Crippen molar-refractivity contribution in [3.63, 3.8) is 0 Å². The van der Waals surface area contributed by atoms with Gasteiger partial charge in [0.15, 0.2) is 0 Å². The molecule has 4 heteroatoms. The number of allylic oxidation sites excluding steroid dienone is 2. The molecular weight excluding hydrogens is 238 g/mol. The van der Waals surface area contributed by atoms with E-state index >= 15 is 0 Å². The smallest absolute Gasteiger partial charge is 0.253 e. The number of carbonyl (C=O) groups excluding carboxylic acids is 1. The van der Waals surface area contributed by atoms with Gasteiger partial charge in [-0.05, 0) is 31.4 Å². The molecule has 0 aliphatic carbocycles. The molecule has 1 aromatic heterocycles. The first-order valence-corrected chi connectivity index (χ1v) is 6.63. The number of rotatable bonds is 2. The number of carbonyl (C=O) groups is 1. The Kier molecular flexibility index (Phi) is 6.31. The van der Waals surface area contributed by atoms with Gasteiger partial charge in [-0.15, -0.1) is 0 Å². The number of nitrogens with zero attached hydrogens (tertiary/aromatic N) is 2. The molecule has 1 aromatic rings. The fourth-order valence-corrected chi connectivity index (χ4v) is 1.83. The molecule has 1 aliphatic heterocycles. The Balaban J connectivity index is 0.000000861. The number of hydrogen-bond donors (Lipinski definition) is 1. The Hall–Kier alpha value is -2.15. The highest BCUT2D eigenvalue weighted by atomic mass is 16.1. The quantitative estimate of drug-likeness (QED) is 0.503. The molecule has 0 unspecified atom stereocenters. The summed E-state index contributed by atoms with van der Waals surface area (Å²) in [7, 11) is 0. The Morgan fingerprint density at radius 2 is 2.16 bits per heavy atom. The van der Waals surface area contributed by atoms with Gasteiger partial charge in [0.1, 0.15) is 0 Å². The predicted octanol–water partition coefficient (Wildman–Crippen LogP) is 3.19. The lowest BCUT2D eigenvalue weighted by atomic mass is 10.1. The third-order valence-corrected chi connectivity index (χ3v) is 2.70. The second-order valence-corrected chi connectivity index (χ2v) is 3.87. The van der Waals surface area contributed by atoms with Crippen molar-refractivity contribution in [2.24, 2.45) is 0 Å². The normalized spacial score (nSPS) is 16.3. The van der Waals surface area contributed by atoms with Crippen LogP contribution >= 0.6 is 0 Å². The molecule has 2 heterocycles. The Morgan fingerprint density at radius 1 is 1.37 bits per heavy atom. The summed E-state index contributed by atoms with van der Waals surface area (Å²) >= 11 is 0. The lowest BCUT2D eigenvalue weighted by Gasteiger charge is -2.18. The number of hydrogen-bond acceptors (Lipinski definition) is 3. The number of ketones is 1. The molecule has 1 saturated heterocycles. The van der Waals surface area contributed by atoms with Gasteiger partial charge < -0.3 is 10.1 Å². The summed E-state index contributed by atoms with van der Waals surface area (Å²) in [6.07, 6.45) is 4.45. The highest BCUT2D eigenvalue weighted by molar-refractivity contribution is 6.09. The SMILES string of the molecule is CC.[C-]#[N+]/C(C(=O)c1ccccn1)=C1\CCCCN1. The van der Waals surface area contributed by atoms with Crippen LogP contribution in [0.4, 0.5) is 0 Å². The van der Waals surface area contributed by atoms with Crippen LogP contribution in [0.25, 0.3) is 4.85 Å². The summed E-state index contributed by atoms with van der Waals surface area (Å²) in [5.74, 6) is -0.287. The molecule has 0 spiro atoms. The molecule has 0 atom stereocenters. The van der Waals surface area contributed by atoms with Gasteiger partial charge in [-0.25, -0.2) is 4.85 Å². The third-order valence-electron chi connectivity index (χ3n) is 2.70. The van der Waals surface area contributed by atoms with Gasteiger partial charge in [-0.2, -0.15) is 0 Å². The highest BCUT2D eigenvalue weighted by Crippen LogP contribution is 2.18. The van der Waals surface area contributed by atoms with Gasteiger partial charge in [0.25, 0.3) is 5.70 Å². The summed E-state index contributed by atoms with van der Waals surface area (Å²) in [6.45, 7) is 12.0. The van der Waals surface area contributed by atoms with E-state index in [4.69, 9.17) is 6.57 Å². The van der Waals surface area contributed by atoms with Crippen LogP contribution in [-0.4, -0.2) is 17.3 Å². The number of aromatic nitrogens is 1. The van der Waals surface area contributed by atoms with Gasteiger partial charge in [-0.3, -0.25) is 4.98 Å². The zero-order valence-electron chi connectivity index (χ0n) is 11.4. The van der Waals surface area contributed by atoms with Crippen molar-refractivity contribution in [2.75, 3.05) is 6.54 Å². The molecule has 100 valence electrons. The van der Waals surface area contributed by atoms with Crippen molar-refractivity contribution < 1.29 is 4.79 Å². The first-order valence-electron chi connectivity index (χ1n) is 6.63. The molecule has 0 amide bonds. The second-order valence-electron chi connectivity index (χ2n) is 3.87. The van der Waals surface area contributed by atoms with E-state index < -0.39 is 0 Å². The second kappa shape index (κ2) is 8.04. The number of piperidine rings is 1. The van der Waals surface area contributed by atoms with Crippen LogP contribution in [0, 0.1) is 6.57 Å². The molecule has 0 radical (unpaired) electrons. The molecule has 19 heavy (non-hydrogen) atoms. The van der Waals surface area contributed by atoms with Crippen molar-refractivity contribution in [3.8, 4) is 0 Å². The number of nitrogens with one attached hydrogen (secondary N) is 1. The van der Waals surface area contributed by atoms with Crippen LogP contribution in [0.15, 0.2) is 35.8 Å². The molecule has 1 N–H and O–H groups in total. The summed E-state index contributed by atoms with van der Waals surface area (Å²) in [6, 6.07) is 5.14. The minimum absolute atomic E-state index is 0.184. The molecule has 1 aliphatic rings. The van der Waals surface area contributed by atoms with Crippen LogP contribution in [0.5, 0.6) is 0 Å². The first kappa shape index (κ1) is 14.9. The maximum Gasteiger partial charge on any atom is 0.253 e. The molecular formula is C15H19N3O. The highest BCUT2D eigenvalue weighted by Gasteiger charge is 2.20. The Morgan fingerprint density at radius 3 is 2.68 bits per heavy atom. The van der Waals surface area contributed by atoms with E-state index in [2.05, 4.69) is 15.1 Å². The number of Topliss-reactive ketones (excluding diaryl/α,β-unsaturated/α-hetero) is 1. The lowest BCUT2D eigenvalue weighted by Crippen LogP contribution is -2.23. The maximum absolute atomic E-state index is 12.1. The minimum atomic E-state index is -0.287. The van der Waals surface area contributed by atoms with Crippen molar-refractivity contribution in [1.82, 2.24) is 10.3 Å². The molecule has 0 saturated carbocycles. The van der Waals surface area contributed by atoms with Crippen LogP contribution in [0.1, 0.15) is 43.6 Å². The summed E-state index contributed by atoms with van der Waals surface area (Å²) in [4.78, 5) is 19.5. The van der Waals surface area contributed by atoms with Crippen molar-refractivity contribution in [3.05, 3.63) is 52.9 Å². The van der Waals surface area contributed by atoms with Gasteiger partial charge in [-0.1, -0.05) is 19.9 Å². The molecule has 4 nitrogen and oxygen atoms in total. The fraction of sp³-hybridized carbons (Fsp3) is 0.400. The molecule has 0 aromatic carbocycles. The summed E-state index contributed by atoms with van der Waals surface area (Å²) in [5, 5.41) is 3.14. The zero-order chi connectivity index (χ0) is 14.1. The van der Waals surface area contributed by atoms with Crippen LogP contribution in [0.2, 0.25) is 0 Å². The van der Waals surface area contributed by atoms with E-state index in [1.54, 1.807) is 24.4 Å². The monoisotopic (exact) mass is 257 g/mol. The van der Waals surface area contributed by atoms with Gasteiger partial charge in [0.05, 0.1) is 12.3 Å². The van der Waals surface area contributed by atoms with Crippen LogP contribution < -0.4 is 5.32 Å². The van der Waals surface area contributed by atoms with Crippen molar-refractivity contribution in [2.45, 2.75) is 33.1 Å². The fourth-order valence-electron chi connectivity index (χ4n) is 1.83. The average molecular weight is 257 g/mol. The van der Waals surface area contributed by atoms with Gasteiger partial charge >= 0.3 is 0 Å². The Bertz CT molecular complexity index is 478. The lowest BCUT2D eigenvalue weighted by molar-refractivity contribution is 0.103. The van der Waals surface area contributed by atoms with Gasteiger partial charge in [0, 0.05) is 18.4 Å². The van der Waals surface area contributed by atoms with Crippen LogP contribution in [-0.2, 0) is 0 Å². The topological polar surface area (TPSA) is 46.4 Å². The van der Waals surface area contributed by atoms with E-state index in [-0.39, 0.29) is 11.5 Å². The average Bonchev–Trinajstić information content (AvgIpc) is 2.52. The van der Waals surface area contributed by atoms with Gasteiger partial charge in [0.2, 0.25) is 5.78 Å². The van der Waals surface area contributed by atoms with E-state index in [1.165, 1.54) is 0 Å². The third kappa shape index (κ3) is 3.92. The maximum atomic E-state index is 12.1. The zero-order valence-corrected chi connectivity index (χ0v) is 11.4. The predicted molar refractivity (Wildman–Crippen MR) is 75.4 cm³/mol. The Labute approximate surface area is 114 Å².